The molecule has 0 saturated carbocycles. The van der Waals surface area contributed by atoms with Crippen LogP contribution in [0.15, 0.2) is 50.4 Å². The van der Waals surface area contributed by atoms with Crippen LogP contribution in [0.25, 0.3) is 21.4 Å². The highest BCUT2D eigenvalue weighted by molar-refractivity contribution is 7.16. The molecule has 6 N–H and O–H groups in total. The van der Waals surface area contributed by atoms with Gasteiger partial charge in [0.1, 0.15) is 23.8 Å². The van der Waals surface area contributed by atoms with E-state index in [1.807, 2.05) is 52.2 Å². The fourth-order valence-corrected chi connectivity index (χ4v) is 6.85. The maximum absolute atomic E-state index is 13.5. The summed E-state index contributed by atoms with van der Waals surface area (Å²) in [5.41, 5.74) is 15.7. The van der Waals surface area contributed by atoms with E-state index in [1.165, 1.54) is 13.2 Å². The molecule has 5 aromatic heterocycles. The predicted molar refractivity (Wildman–Crippen MR) is 233 cm³/mol. The van der Waals surface area contributed by atoms with Crippen molar-refractivity contribution in [1.29, 1.82) is 0 Å². The molecule has 1 aromatic carbocycles. The molecule has 0 aliphatic heterocycles. The summed E-state index contributed by atoms with van der Waals surface area (Å²) in [6.07, 6.45) is 8.12. The molecule has 0 spiro atoms. The largest absolute Gasteiger partial charge is 0.491 e. The summed E-state index contributed by atoms with van der Waals surface area (Å²) < 4.78 is 21.2. The number of aldehydes is 2. The predicted octanol–water partition coefficient (Wildman–Crippen LogP) is 3.94. The van der Waals surface area contributed by atoms with Gasteiger partial charge >= 0.3 is 5.91 Å². The van der Waals surface area contributed by atoms with Crippen molar-refractivity contribution in [3.8, 4) is 5.75 Å². The standard InChI is InChI=1S/C37H37N9O8S.C3H10N2.CH5N/c1-5-24-30(53-20(3)40-24)34(50)43-36-42-26-15-22(19-48)16-27(52-14-10-9-13-47)29(26)45(36)11-7-8-12-46-33-28(17-23(18-39-33)32(38)49)55-37(46)44-35(51)31-25(6-2)41-21(4)54-31;1-4-5(2)3;1-2/h7-8,13,15-19H,5-6,9-12,14H2,1-4H3,(H2,38,49)(H,42,43,50);4H,1-3H3;2H2,1H3/b8-7+,44-37?;;. The summed E-state index contributed by atoms with van der Waals surface area (Å²) in [5, 5.41) is 4.71. The molecular weight excluding hydrogens is 821 g/mol. The SMILES string of the molecule is CCc1nc(C)oc1C(=O)N=c1sc2cc(C(N)=O)cnc2n1C/C=C/Cn1c(NC(=O)c2oc(C)nc2CC)nc2cc(C=O)cc(OCCCC=O)c21.CN.CNN(C)C. The van der Waals surface area contributed by atoms with Crippen LogP contribution in [0.2, 0.25) is 0 Å². The van der Waals surface area contributed by atoms with Crippen molar-refractivity contribution in [3.63, 3.8) is 0 Å². The molecule has 6 rings (SSSR count). The molecule has 0 saturated heterocycles. The average molecular weight is 873 g/mol. The van der Waals surface area contributed by atoms with Crippen molar-refractivity contribution in [3.05, 3.63) is 87.2 Å². The van der Waals surface area contributed by atoms with Crippen molar-refractivity contribution < 1.29 is 37.5 Å². The number of hydrazine groups is 1. The summed E-state index contributed by atoms with van der Waals surface area (Å²) >= 11 is 1.15. The fourth-order valence-electron chi connectivity index (χ4n) is 5.81. The zero-order valence-electron chi connectivity index (χ0n) is 36.0. The molecule has 0 aliphatic rings. The number of thiazole rings is 1. The molecule has 330 valence electrons. The van der Waals surface area contributed by atoms with Gasteiger partial charge in [-0.25, -0.2) is 19.9 Å². The first-order valence-corrected chi connectivity index (χ1v) is 20.4. The first kappa shape index (κ1) is 48.0. The zero-order chi connectivity index (χ0) is 45.5. The Balaban J connectivity index is 0.00000113. The summed E-state index contributed by atoms with van der Waals surface area (Å²) in [6.45, 7) is 7.54. The molecule has 0 unspecified atom stereocenters. The number of aryl methyl sites for hydroxylation is 4. The van der Waals surface area contributed by atoms with Gasteiger partial charge in [-0.3, -0.25) is 39.5 Å². The van der Waals surface area contributed by atoms with Crippen molar-refractivity contribution in [1.82, 2.24) is 39.5 Å². The van der Waals surface area contributed by atoms with Crippen LogP contribution in [0.5, 0.6) is 5.75 Å². The molecule has 0 atom stereocenters. The summed E-state index contributed by atoms with van der Waals surface area (Å²) in [4.78, 5) is 84.0. The number of imidazole rings is 1. The first-order chi connectivity index (χ1) is 29.8. The number of anilines is 1. The lowest BCUT2D eigenvalue weighted by atomic mass is 10.2. The fraction of sp³-hybridized carbons (Fsp3) is 0.366. The molecule has 0 radical (unpaired) electrons. The van der Waals surface area contributed by atoms with Gasteiger partial charge in [-0.05, 0) is 51.6 Å². The lowest BCUT2D eigenvalue weighted by Gasteiger charge is -2.12. The maximum atomic E-state index is 13.5. The van der Waals surface area contributed by atoms with E-state index >= 15 is 0 Å². The number of allylic oxidation sites excluding steroid dienone is 2. The van der Waals surface area contributed by atoms with Crippen molar-refractivity contribution in [2.45, 2.75) is 66.5 Å². The number of fused-ring (bicyclic) bond motifs is 2. The van der Waals surface area contributed by atoms with E-state index in [1.54, 1.807) is 41.2 Å². The number of nitrogens with zero attached hydrogens (tertiary/aromatic N) is 8. The summed E-state index contributed by atoms with van der Waals surface area (Å²) in [5.74, 6) is -0.577. The highest BCUT2D eigenvalue weighted by Gasteiger charge is 2.23. The molecule has 20 nitrogen and oxygen atoms in total. The van der Waals surface area contributed by atoms with Gasteiger partial charge in [0.2, 0.25) is 23.4 Å². The zero-order valence-corrected chi connectivity index (χ0v) is 36.8. The summed E-state index contributed by atoms with van der Waals surface area (Å²) in [7, 11) is 7.26. The van der Waals surface area contributed by atoms with Crippen LogP contribution in [0, 0.1) is 13.8 Å². The van der Waals surface area contributed by atoms with E-state index in [9.17, 15) is 24.0 Å². The van der Waals surface area contributed by atoms with Crippen LogP contribution >= 0.6 is 11.3 Å². The average Bonchev–Trinajstić information content (AvgIpc) is 4.03. The number of amides is 3. The Morgan fingerprint density at radius 2 is 1.58 bits per heavy atom. The quantitative estimate of drug-likeness (QED) is 0.0437. The number of aromatic nitrogens is 6. The number of ether oxygens (including phenoxy) is 1. The van der Waals surface area contributed by atoms with Gasteiger partial charge in [0.05, 0.1) is 33.8 Å². The van der Waals surface area contributed by atoms with Gasteiger partial charge in [-0.1, -0.05) is 37.3 Å². The van der Waals surface area contributed by atoms with Gasteiger partial charge in [0.25, 0.3) is 5.91 Å². The number of carbonyl (C=O) groups is 5. The highest BCUT2D eigenvalue weighted by Crippen LogP contribution is 2.31. The lowest BCUT2D eigenvalue weighted by molar-refractivity contribution is -0.108. The van der Waals surface area contributed by atoms with Crippen LogP contribution in [-0.2, 0) is 30.7 Å². The van der Waals surface area contributed by atoms with Crippen LogP contribution < -0.4 is 31.7 Å². The Bertz CT molecular complexity index is 2630. The Morgan fingerprint density at radius 1 is 0.952 bits per heavy atom. The van der Waals surface area contributed by atoms with Crippen molar-refractivity contribution >= 4 is 69.0 Å². The van der Waals surface area contributed by atoms with E-state index in [2.05, 4.69) is 41.4 Å². The van der Waals surface area contributed by atoms with Crippen molar-refractivity contribution in [2.24, 2.45) is 16.5 Å². The number of rotatable bonds is 17. The molecule has 0 bridgehead atoms. The maximum Gasteiger partial charge on any atom is 0.317 e. The normalized spacial score (nSPS) is 11.4. The number of oxazole rings is 2. The van der Waals surface area contributed by atoms with E-state index < -0.39 is 17.7 Å². The van der Waals surface area contributed by atoms with E-state index in [0.29, 0.717) is 87.8 Å². The molecule has 0 aliphatic carbocycles. The minimum Gasteiger partial charge on any atom is -0.491 e. The number of benzene rings is 1. The minimum atomic E-state index is -0.652. The molecular formula is C41H52N12O8S. The highest BCUT2D eigenvalue weighted by atomic mass is 32.1. The van der Waals surface area contributed by atoms with Gasteiger partial charge in [0.15, 0.2) is 22.2 Å². The Kier molecular flexibility index (Phi) is 17.6. The number of hydrogen-bond donors (Lipinski definition) is 4. The lowest BCUT2D eigenvalue weighted by Crippen LogP contribution is -2.25. The number of carbonyl (C=O) groups excluding carboxylic acids is 5. The number of nitrogens with one attached hydrogen (secondary N) is 2. The second-order valence-corrected chi connectivity index (χ2v) is 14.3. The first-order valence-electron chi connectivity index (χ1n) is 19.6. The Morgan fingerprint density at radius 3 is 2.18 bits per heavy atom. The topological polar surface area (TPSA) is 274 Å². The van der Waals surface area contributed by atoms with Gasteiger partial charge in [-0.2, -0.15) is 4.99 Å². The van der Waals surface area contributed by atoms with Crippen LogP contribution in [-0.4, -0.2) is 99.2 Å². The number of hydrogen-bond acceptors (Lipinski definition) is 16. The number of nitrogens with two attached hydrogens (primary N) is 2. The number of pyridine rings is 1. The molecule has 6 aromatic rings. The number of primary amides is 1. The van der Waals surface area contributed by atoms with Crippen molar-refractivity contribution in [2.75, 3.05) is 40.1 Å². The molecule has 5 heterocycles. The van der Waals surface area contributed by atoms with Gasteiger partial charge < -0.3 is 34.4 Å². The third kappa shape index (κ3) is 11.8. The van der Waals surface area contributed by atoms with E-state index in [-0.39, 0.29) is 47.5 Å². The monoisotopic (exact) mass is 872 g/mol. The van der Waals surface area contributed by atoms with Crippen LogP contribution in [0.4, 0.5) is 5.95 Å². The third-order valence-electron chi connectivity index (χ3n) is 8.79. The molecule has 0 fully saturated rings. The second kappa shape index (κ2) is 22.8. The Hall–Kier alpha value is -6.68. The van der Waals surface area contributed by atoms with Crippen LogP contribution in [0.3, 0.4) is 0 Å². The minimum absolute atomic E-state index is 0.0420. The van der Waals surface area contributed by atoms with E-state index in [0.717, 1.165) is 17.6 Å². The second-order valence-electron chi connectivity index (χ2n) is 13.3. The third-order valence-corrected chi connectivity index (χ3v) is 9.80. The van der Waals surface area contributed by atoms with Gasteiger partial charge in [-0.15, -0.1) is 0 Å². The molecule has 62 heavy (non-hydrogen) atoms. The Labute approximate surface area is 361 Å². The van der Waals surface area contributed by atoms with E-state index in [4.69, 9.17) is 19.3 Å². The molecule has 21 heteroatoms. The molecule has 3 amide bonds. The summed E-state index contributed by atoms with van der Waals surface area (Å²) in [6, 6.07) is 4.74. The van der Waals surface area contributed by atoms with Gasteiger partial charge in [0, 0.05) is 59.2 Å². The smallest absolute Gasteiger partial charge is 0.317 e. The van der Waals surface area contributed by atoms with Crippen LogP contribution in [0.1, 0.15) is 91.7 Å². The number of unbranched alkanes of at least 4 members (excludes halogenated alkanes) is 1.